The Kier molecular flexibility index (Phi) is 3.82. The Morgan fingerprint density at radius 2 is 1.96 bits per heavy atom. The molecule has 1 amide bonds. The summed E-state index contributed by atoms with van der Waals surface area (Å²) < 4.78 is 0.952. The van der Waals surface area contributed by atoms with Crippen molar-refractivity contribution in [3.63, 3.8) is 0 Å². The van der Waals surface area contributed by atoms with Crippen molar-refractivity contribution in [2.75, 3.05) is 0 Å². The van der Waals surface area contributed by atoms with Gasteiger partial charge in [-0.05, 0) is 43.2 Å². The molecule has 1 saturated carbocycles. The van der Waals surface area contributed by atoms with Gasteiger partial charge in [0.05, 0.1) is 6.04 Å². The van der Waals surface area contributed by atoms with E-state index in [1.807, 2.05) is 17.0 Å². The molecule has 0 unspecified atom stereocenters. The van der Waals surface area contributed by atoms with E-state index in [0.717, 1.165) is 36.7 Å². The third-order valence-corrected chi connectivity index (χ3v) is 5.26. The molecule has 1 aromatic heterocycles. The topological polar surface area (TPSA) is 75.2 Å². The molecule has 2 aliphatic rings. The lowest BCUT2D eigenvalue weighted by Gasteiger charge is -2.36. The molecule has 1 atom stereocenters. The summed E-state index contributed by atoms with van der Waals surface area (Å²) in [6, 6.07) is 8.43. The van der Waals surface area contributed by atoms with E-state index in [0.29, 0.717) is 0 Å². The van der Waals surface area contributed by atoms with Crippen molar-refractivity contribution in [2.45, 2.75) is 44.2 Å². The van der Waals surface area contributed by atoms with E-state index < -0.39 is 11.2 Å². The van der Waals surface area contributed by atoms with Crippen LogP contribution in [0.4, 0.5) is 0 Å². The number of hydrogen-bond acceptors (Lipinski definition) is 3. The Balaban J connectivity index is 1.77. The molecular weight excluding hydrogens is 318 g/mol. The lowest BCUT2D eigenvalue weighted by Crippen LogP contribution is -2.43. The molecule has 0 radical (unpaired) electrons. The van der Waals surface area contributed by atoms with Crippen molar-refractivity contribution in [3.8, 4) is 0 Å². The molecule has 2 aromatic rings. The average molecular weight is 339 g/mol. The number of hydrogen-bond donors (Lipinski definition) is 1. The summed E-state index contributed by atoms with van der Waals surface area (Å²) in [5.74, 6) is -0.277. The maximum absolute atomic E-state index is 13.2. The minimum absolute atomic E-state index is 0.00147. The highest BCUT2D eigenvalue weighted by atomic mass is 16.2. The number of aryl methyl sites for hydroxylation is 1. The van der Waals surface area contributed by atoms with Gasteiger partial charge in [-0.3, -0.25) is 14.2 Å². The minimum atomic E-state index is -0.538. The summed E-state index contributed by atoms with van der Waals surface area (Å²) in [4.78, 5) is 41.6. The third kappa shape index (κ3) is 2.71. The molecule has 130 valence electrons. The van der Waals surface area contributed by atoms with E-state index in [-0.39, 0.29) is 23.6 Å². The van der Waals surface area contributed by atoms with Crippen molar-refractivity contribution in [3.05, 3.63) is 68.0 Å². The Labute approximate surface area is 145 Å². The van der Waals surface area contributed by atoms with Crippen LogP contribution in [0, 0.1) is 0 Å². The van der Waals surface area contributed by atoms with Crippen LogP contribution in [0.25, 0.3) is 0 Å². The van der Waals surface area contributed by atoms with Crippen molar-refractivity contribution in [1.29, 1.82) is 0 Å². The largest absolute Gasteiger partial charge is 0.328 e. The number of aromatic amines is 1. The van der Waals surface area contributed by atoms with Crippen molar-refractivity contribution < 1.29 is 4.79 Å². The van der Waals surface area contributed by atoms with Gasteiger partial charge in [-0.15, -0.1) is 0 Å². The fraction of sp³-hybridized carbons (Fsp3) is 0.421. The van der Waals surface area contributed by atoms with Crippen LogP contribution in [0.5, 0.6) is 0 Å². The molecule has 6 heteroatoms. The molecule has 0 aliphatic heterocycles. The quantitative estimate of drug-likeness (QED) is 0.926. The highest BCUT2D eigenvalue weighted by Crippen LogP contribution is 2.41. The van der Waals surface area contributed by atoms with E-state index in [4.69, 9.17) is 0 Å². The second-order valence-electron chi connectivity index (χ2n) is 6.92. The summed E-state index contributed by atoms with van der Waals surface area (Å²) in [6.45, 7) is 0. The van der Waals surface area contributed by atoms with Crippen molar-refractivity contribution >= 4 is 5.91 Å². The fourth-order valence-electron chi connectivity index (χ4n) is 3.79. The van der Waals surface area contributed by atoms with E-state index >= 15 is 0 Å². The molecule has 2 aliphatic carbocycles. The molecule has 4 rings (SSSR count). The average Bonchev–Trinajstić information content (AvgIpc) is 3.45. The first kappa shape index (κ1) is 15.9. The first-order valence-corrected chi connectivity index (χ1v) is 8.77. The summed E-state index contributed by atoms with van der Waals surface area (Å²) >= 11 is 0. The highest BCUT2D eigenvalue weighted by molar-refractivity contribution is 5.94. The van der Waals surface area contributed by atoms with E-state index in [1.165, 1.54) is 24.4 Å². The number of amides is 1. The van der Waals surface area contributed by atoms with Crippen LogP contribution in [0.1, 0.15) is 53.2 Å². The molecule has 1 aromatic carbocycles. The van der Waals surface area contributed by atoms with E-state index in [2.05, 4.69) is 17.1 Å². The van der Waals surface area contributed by atoms with E-state index in [9.17, 15) is 14.4 Å². The number of benzene rings is 1. The predicted octanol–water partition coefficient (Wildman–Crippen LogP) is 1.76. The maximum atomic E-state index is 13.2. The number of H-pyrrole nitrogens is 1. The summed E-state index contributed by atoms with van der Waals surface area (Å²) in [7, 11) is 1.38. The molecule has 25 heavy (non-hydrogen) atoms. The molecule has 1 N–H and O–H groups in total. The Bertz CT molecular complexity index is 939. The van der Waals surface area contributed by atoms with Gasteiger partial charge in [0.25, 0.3) is 11.5 Å². The normalized spacial score (nSPS) is 19.3. The maximum Gasteiger partial charge on any atom is 0.328 e. The second kappa shape index (κ2) is 6.02. The molecular formula is C19H21N3O3. The van der Waals surface area contributed by atoms with Crippen LogP contribution in [0.3, 0.4) is 0 Å². The van der Waals surface area contributed by atoms with Crippen LogP contribution < -0.4 is 11.2 Å². The van der Waals surface area contributed by atoms with Gasteiger partial charge >= 0.3 is 5.69 Å². The standard InChI is InChI=1S/C19H21N3O3/c1-21-17(23)15(11-20-19(21)25)18(24)22(13-9-10-13)16-8-4-6-12-5-2-3-7-14(12)16/h2-3,5,7,11,13,16H,4,6,8-10H2,1H3,(H,20,25)/t16-/m0/s1. The number of fused-ring (bicyclic) bond motifs is 1. The van der Waals surface area contributed by atoms with Crippen LogP contribution in [0.2, 0.25) is 0 Å². The number of rotatable bonds is 3. The number of carbonyl (C=O) groups is 1. The second-order valence-corrected chi connectivity index (χ2v) is 6.92. The van der Waals surface area contributed by atoms with E-state index in [1.54, 1.807) is 0 Å². The smallest absolute Gasteiger partial charge is 0.328 e. The lowest BCUT2D eigenvalue weighted by atomic mass is 9.86. The van der Waals surface area contributed by atoms with Crippen LogP contribution in [-0.2, 0) is 13.5 Å². The predicted molar refractivity (Wildman–Crippen MR) is 93.6 cm³/mol. The van der Waals surface area contributed by atoms with Gasteiger partial charge in [-0.1, -0.05) is 24.3 Å². The zero-order valence-electron chi connectivity index (χ0n) is 14.2. The molecule has 0 saturated heterocycles. The molecule has 0 spiro atoms. The Morgan fingerprint density at radius 3 is 2.72 bits per heavy atom. The van der Waals surface area contributed by atoms with Crippen LogP contribution >= 0.6 is 0 Å². The monoisotopic (exact) mass is 339 g/mol. The van der Waals surface area contributed by atoms with Gasteiger partial charge < -0.3 is 9.88 Å². The zero-order valence-corrected chi connectivity index (χ0v) is 14.2. The molecule has 1 fully saturated rings. The van der Waals surface area contributed by atoms with Crippen molar-refractivity contribution in [2.24, 2.45) is 7.05 Å². The highest BCUT2D eigenvalue weighted by Gasteiger charge is 2.40. The fourth-order valence-corrected chi connectivity index (χ4v) is 3.79. The Morgan fingerprint density at radius 1 is 1.20 bits per heavy atom. The minimum Gasteiger partial charge on any atom is -0.328 e. The summed E-state index contributed by atoms with van der Waals surface area (Å²) in [5.41, 5.74) is 1.46. The molecule has 0 bridgehead atoms. The van der Waals surface area contributed by atoms with Gasteiger partial charge in [-0.2, -0.15) is 0 Å². The van der Waals surface area contributed by atoms with Crippen LogP contribution in [0.15, 0.2) is 40.1 Å². The first-order valence-electron chi connectivity index (χ1n) is 8.77. The summed E-state index contributed by atoms with van der Waals surface area (Å²) in [5, 5.41) is 0. The first-order chi connectivity index (χ1) is 12.1. The molecule has 6 nitrogen and oxygen atoms in total. The Hall–Kier alpha value is -2.63. The number of aromatic nitrogens is 2. The van der Waals surface area contributed by atoms with Crippen molar-refractivity contribution in [1.82, 2.24) is 14.5 Å². The molecule has 1 heterocycles. The zero-order chi connectivity index (χ0) is 17.6. The SMILES string of the molecule is Cn1c(=O)[nH]cc(C(=O)N(C2CC2)[C@H]2CCCc3ccccc32)c1=O. The number of nitrogens with one attached hydrogen (secondary N) is 1. The van der Waals surface area contributed by atoms with Gasteiger partial charge in [0.1, 0.15) is 5.56 Å². The van der Waals surface area contributed by atoms with Gasteiger partial charge in [0.15, 0.2) is 0 Å². The number of nitrogens with zero attached hydrogens (tertiary/aromatic N) is 2. The lowest BCUT2D eigenvalue weighted by molar-refractivity contribution is 0.0634. The number of carbonyl (C=O) groups excluding carboxylic acids is 1. The summed E-state index contributed by atoms with van der Waals surface area (Å²) in [6.07, 6.45) is 6.16. The van der Waals surface area contributed by atoms with Crippen LogP contribution in [-0.4, -0.2) is 26.4 Å². The third-order valence-electron chi connectivity index (χ3n) is 5.26. The van der Waals surface area contributed by atoms with Gasteiger partial charge in [0.2, 0.25) is 0 Å². The van der Waals surface area contributed by atoms with Gasteiger partial charge in [-0.25, -0.2) is 4.79 Å². The van der Waals surface area contributed by atoms with Gasteiger partial charge in [0, 0.05) is 19.3 Å².